The molecule has 45 heavy (non-hydrogen) atoms. The van der Waals surface area contributed by atoms with Gasteiger partial charge in [0, 0.05) is 41.7 Å². The van der Waals surface area contributed by atoms with Crippen molar-refractivity contribution < 1.29 is 9.18 Å². The van der Waals surface area contributed by atoms with E-state index in [0.29, 0.717) is 56.4 Å². The fourth-order valence-corrected chi connectivity index (χ4v) is 4.98. The second-order valence-electron chi connectivity index (χ2n) is 12.0. The molecular formula is C33H34FN9O2. The smallest absolute Gasteiger partial charge is 0.324 e. The number of fused-ring (bicyclic) bond motifs is 1. The number of hydrogen-bond acceptors (Lipinski definition) is 7. The van der Waals surface area contributed by atoms with Crippen LogP contribution in [-0.2, 0) is 5.41 Å². The molecule has 0 fully saturated rings. The normalized spacial score (nSPS) is 11.5. The van der Waals surface area contributed by atoms with Gasteiger partial charge in [-0.1, -0.05) is 26.8 Å². The minimum Gasteiger partial charge on any atom is -0.357 e. The molecular weight excluding hydrogens is 573 g/mol. The van der Waals surface area contributed by atoms with Gasteiger partial charge in [0.2, 0.25) is 5.95 Å². The van der Waals surface area contributed by atoms with Crippen molar-refractivity contribution in [1.29, 1.82) is 5.26 Å². The predicted molar refractivity (Wildman–Crippen MR) is 173 cm³/mol. The summed E-state index contributed by atoms with van der Waals surface area (Å²) < 4.78 is 18.4. The van der Waals surface area contributed by atoms with Crippen molar-refractivity contribution in [3.8, 4) is 22.9 Å². The van der Waals surface area contributed by atoms with Crippen LogP contribution >= 0.6 is 0 Å². The van der Waals surface area contributed by atoms with Crippen molar-refractivity contribution in [1.82, 2.24) is 24.3 Å². The van der Waals surface area contributed by atoms with Crippen LogP contribution in [-0.4, -0.2) is 37.4 Å². The molecule has 0 aliphatic carbocycles. The van der Waals surface area contributed by atoms with E-state index in [4.69, 9.17) is 0 Å². The molecule has 0 saturated heterocycles. The maximum absolute atomic E-state index is 15.3. The molecule has 3 N–H and O–H groups in total. The summed E-state index contributed by atoms with van der Waals surface area (Å²) in [4.78, 5) is 35.9. The molecule has 230 valence electrons. The number of pyridine rings is 1. The Bertz CT molecular complexity index is 2050. The molecule has 2 amide bonds. The molecule has 0 aliphatic heterocycles. The Morgan fingerprint density at radius 3 is 2.49 bits per heavy atom. The number of aryl methyl sites for hydroxylation is 1. The van der Waals surface area contributed by atoms with Crippen molar-refractivity contribution in [2.75, 3.05) is 23.0 Å². The third kappa shape index (κ3) is 6.10. The summed E-state index contributed by atoms with van der Waals surface area (Å²) in [7, 11) is 1.70. The van der Waals surface area contributed by atoms with Gasteiger partial charge in [-0.25, -0.2) is 18.9 Å². The molecule has 12 heteroatoms. The number of nitrogens with one attached hydrogen (secondary N) is 3. The molecule has 0 bridgehead atoms. The molecule has 0 spiro atoms. The van der Waals surface area contributed by atoms with Gasteiger partial charge >= 0.3 is 6.03 Å². The third-order valence-corrected chi connectivity index (χ3v) is 7.30. The van der Waals surface area contributed by atoms with E-state index < -0.39 is 11.8 Å². The topological polar surface area (TPSA) is 143 Å². The number of halogens is 1. The summed E-state index contributed by atoms with van der Waals surface area (Å²) in [6.07, 6.45) is 1.63. The number of amides is 2. The van der Waals surface area contributed by atoms with Gasteiger partial charge < -0.3 is 10.6 Å². The highest BCUT2D eigenvalue weighted by molar-refractivity contribution is 6.00. The summed E-state index contributed by atoms with van der Waals surface area (Å²) in [6.45, 7) is 11.4. The van der Waals surface area contributed by atoms with Crippen molar-refractivity contribution >= 4 is 34.5 Å². The molecule has 0 aliphatic rings. The van der Waals surface area contributed by atoms with Gasteiger partial charge in [0.15, 0.2) is 0 Å². The first-order valence-corrected chi connectivity index (χ1v) is 14.4. The van der Waals surface area contributed by atoms with Gasteiger partial charge in [-0.15, -0.1) is 0 Å². The van der Waals surface area contributed by atoms with E-state index in [9.17, 15) is 14.9 Å². The predicted octanol–water partition coefficient (Wildman–Crippen LogP) is 6.53. The lowest BCUT2D eigenvalue weighted by Gasteiger charge is -2.17. The lowest BCUT2D eigenvalue weighted by molar-refractivity contribution is 0.262. The Balaban J connectivity index is 1.53. The second kappa shape index (κ2) is 11.8. The molecule has 3 aromatic heterocycles. The van der Waals surface area contributed by atoms with E-state index in [1.54, 1.807) is 61.1 Å². The molecule has 2 aromatic carbocycles. The van der Waals surface area contributed by atoms with Crippen molar-refractivity contribution in [2.45, 2.75) is 53.0 Å². The van der Waals surface area contributed by atoms with Crippen LogP contribution < -0.4 is 21.5 Å². The summed E-state index contributed by atoms with van der Waals surface area (Å²) >= 11 is 0. The van der Waals surface area contributed by atoms with Gasteiger partial charge in [0.25, 0.3) is 5.56 Å². The van der Waals surface area contributed by atoms with Crippen molar-refractivity contribution in [3.05, 3.63) is 87.7 Å². The zero-order chi connectivity index (χ0) is 32.6. The van der Waals surface area contributed by atoms with E-state index in [-0.39, 0.29) is 22.7 Å². The molecule has 0 radical (unpaired) electrons. The number of hydrogen-bond donors (Lipinski definition) is 3. The highest BCUT2D eigenvalue weighted by atomic mass is 19.1. The Labute approximate surface area is 259 Å². The number of aromatic nitrogens is 5. The van der Waals surface area contributed by atoms with Crippen LogP contribution in [0.4, 0.5) is 26.6 Å². The van der Waals surface area contributed by atoms with Crippen molar-refractivity contribution in [3.63, 3.8) is 0 Å². The van der Waals surface area contributed by atoms with Gasteiger partial charge in [-0.05, 0) is 68.3 Å². The lowest BCUT2D eigenvalue weighted by Crippen LogP contribution is -2.25. The fraction of sp³-hybridized carbons (Fsp3) is 0.273. The van der Waals surface area contributed by atoms with Gasteiger partial charge in [0.1, 0.15) is 17.3 Å². The van der Waals surface area contributed by atoms with Crippen LogP contribution in [0, 0.1) is 24.1 Å². The maximum Gasteiger partial charge on any atom is 0.324 e. The van der Waals surface area contributed by atoms with E-state index in [2.05, 4.69) is 37.1 Å². The van der Waals surface area contributed by atoms with Gasteiger partial charge in [-0.3, -0.25) is 14.7 Å². The Kier molecular flexibility index (Phi) is 8.12. The fourth-order valence-electron chi connectivity index (χ4n) is 4.98. The number of rotatable bonds is 6. The summed E-state index contributed by atoms with van der Waals surface area (Å²) in [5, 5.41) is 23.0. The molecule has 0 unspecified atom stereocenters. The van der Waals surface area contributed by atoms with E-state index in [1.807, 2.05) is 34.6 Å². The van der Waals surface area contributed by atoms with Crippen LogP contribution in [0.3, 0.4) is 0 Å². The summed E-state index contributed by atoms with van der Waals surface area (Å²) in [6, 6.07) is 14.2. The SMILES string of the molecule is CNc1ncc2cc(-c3cc(NC(=O)Nc4cc(C(C)(C)C)nn4-c4cccc(C#N)c4)c(F)cc3C)c(=O)n(C(C)C)c2n1. The molecule has 11 nitrogen and oxygen atoms in total. The Morgan fingerprint density at radius 2 is 1.82 bits per heavy atom. The number of nitriles is 1. The number of carbonyl (C=O) groups is 1. The molecule has 5 aromatic rings. The minimum atomic E-state index is -0.715. The minimum absolute atomic E-state index is 0.112. The number of carbonyl (C=O) groups excluding carboxylic acids is 1. The van der Waals surface area contributed by atoms with Crippen molar-refractivity contribution in [2.24, 2.45) is 0 Å². The molecule has 5 rings (SSSR count). The van der Waals surface area contributed by atoms with Crippen LogP contribution in [0.5, 0.6) is 0 Å². The van der Waals surface area contributed by atoms with E-state index in [0.717, 1.165) is 0 Å². The summed E-state index contributed by atoms with van der Waals surface area (Å²) in [5.41, 5.74) is 2.73. The zero-order valence-corrected chi connectivity index (χ0v) is 26.2. The second-order valence-corrected chi connectivity index (χ2v) is 12.0. The highest BCUT2D eigenvalue weighted by Crippen LogP contribution is 2.31. The maximum atomic E-state index is 15.3. The summed E-state index contributed by atoms with van der Waals surface area (Å²) in [5.74, 6) is 0.0489. The standard InChI is InChI=1S/C33H34FN9O2/c1-18(2)42-29-21(17-37-31(36-7)40-29)13-24(30(42)44)23-14-26(25(34)11-19(23)3)38-32(45)39-28-15-27(33(4,5)6)41-43(28)22-10-8-9-20(12-22)16-35/h8-15,17-18H,1-7H3,(H,36,37,40)(H2,38,39,45). The first-order chi connectivity index (χ1) is 21.3. The van der Waals surface area contributed by atoms with Crippen LogP contribution in [0.25, 0.3) is 27.8 Å². The number of anilines is 3. The van der Waals surface area contributed by atoms with E-state index >= 15 is 4.39 Å². The first-order valence-electron chi connectivity index (χ1n) is 14.4. The molecule has 0 atom stereocenters. The molecule has 3 heterocycles. The average Bonchev–Trinajstić information content (AvgIpc) is 3.42. The first kappa shape index (κ1) is 30.9. The van der Waals surface area contributed by atoms with Gasteiger partial charge in [-0.2, -0.15) is 15.3 Å². The lowest BCUT2D eigenvalue weighted by atomic mass is 9.92. The van der Waals surface area contributed by atoms with Crippen LogP contribution in [0.15, 0.2) is 59.5 Å². The third-order valence-electron chi connectivity index (χ3n) is 7.30. The largest absolute Gasteiger partial charge is 0.357 e. The Morgan fingerprint density at radius 1 is 1.07 bits per heavy atom. The highest BCUT2D eigenvalue weighted by Gasteiger charge is 2.23. The van der Waals surface area contributed by atoms with E-state index in [1.165, 1.54) is 16.8 Å². The quantitative estimate of drug-likeness (QED) is 0.199. The zero-order valence-electron chi connectivity index (χ0n) is 26.2. The average molecular weight is 608 g/mol. The van der Waals surface area contributed by atoms with Crippen LogP contribution in [0.1, 0.15) is 57.5 Å². The molecule has 0 saturated carbocycles. The van der Waals surface area contributed by atoms with Gasteiger partial charge in [0.05, 0.1) is 28.7 Å². The monoisotopic (exact) mass is 607 g/mol. The Hall–Kier alpha value is -5.57. The number of benzene rings is 2. The number of nitrogens with zero attached hydrogens (tertiary/aromatic N) is 6. The van der Waals surface area contributed by atoms with Crippen LogP contribution in [0.2, 0.25) is 0 Å². The number of urea groups is 1.